The summed E-state index contributed by atoms with van der Waals surface area (Å²) in [6.07, 6.45) is 1.06. The molecule has 2 fully saturated rings. The minimum Gasteiger partial charge on any atom is -0.349 e. The third-order valence-corrected chi connectivity index (χ3v) is 7.11. The number of halogens is 3. The highest BCUT2D eigenvalue weighted by Crippen LogP contribution is 2.43. The van der Waals surface area contributed by atoms with Crippen LogP contribution in [-0.4, -0.2) is 64.2 Å². The first-order chi connectivity index (χ1) is 17.3. The van der Waals surface area contributed by atoms with Crippen molar-refractivity contribution >= 4 is 33.7 Å². The van der Waals surface area contributed by atoms with Crippen molar-refractivity contribution < 1.29 is 35.2 Å². The van der Waals surface area contributed by atoms with E-state index in [0.29, 0.717) is 23.6 Å². The van der Waals surface area contributed by atoms with Crippen LogP contribution in [0, 0.1) is 5.92 Å². The van der Waals surface area contributed by atoms with Crippen molar-refractivity contribution in [2.45, 2.75) is 54.7 Å². The van der Waals surface area contributed by atoms with Crippen molar-refractivity contribution in [1.29, 1.82) is 0 Å². The summed E-state index contributed by atoms with van der Waals surface area (Å²) in [4.78, 5) is 8.82. The summed E-state index contributed by atoms with van der Waals surface area (Å²) >= 11 is -0.213. The van der Waals surface area contributed by atoms with Gasteiger partial charge < -0.3 is 14.8 Å². The van der Waals surface area contributed by atoms with Gasteiger partial charge in [-0.2, -0.15) is 26.1 Å². The Labute approximate surface area is 214 Å². The van der Waals surface area contributed by atoms with Crippen LogP contribution in [0.25, 0.3) is 17.0 Å². The van der Waals surface area contributed by atoms with Gasteiger partial charge in [0.1, 0.15) is 6.10 Å². The van der Waals surface area contributed by atoms with Gasteiger partial charge in [0.25, 0.3) is 0 Å². The van der Waals surface area contributed by atoms with Crippen LogP contribution < -0.4 is 10.5 Å². The molecule has 16 heteroatoms. The summed E-state index contributed by atoms with van der Waals surface area (Å²) in [6.45, 7) is 3.34. The molecule has 0 spiro atoms. The number of aromatic nitrogens is 4. The van der Waals surface area contributed by atoms with Gasteiger partial charge in [0.2, 0.25) is 5.95 Å². The summed E-state index contributed by atoms with van der Waals surface area (Å²) in [5.74, 6) is -0.676. The number of thioether (sulfide) groups is 1. The average molecular weight is 561 g/mol. The molecule has 1 saturated carbocycles. The second kappa shape index (κ2) is 9.36. The zero-order valence-electron chi connectivity index (χ0n) is 19.5. The molecular weight excluding hydrogens is 537 g/mol. The lowest BCUT2D eigenvalue weighted by molar-refractivity contribution is -0.158. The minimum atomic E-state index is -4.41. The number of ether oxygens (including phenoxy) is 2. The monoisotopic (exact) mass is 560 g/mol. The third kappa shape index (κ3) is 5.99. The number of hydrogen-bond donors (Lipinski definition) is 2. The summed E-state index contributed by atoms with van der Waals surface area (Å²) in [6, 6.07) is 7.14. The fourth-order valence-electron chi connectivity index (χ4n) is 4.61. The van der Waals surface area contributed by atoms with Crippen molar-refractivity contribution in [3.8, 4) is 11.4 Å². The molecule has 5 rings (SSSR count). The molecule has 2 aromatic heterocycles. The number of alkyl halides is 3. The molecule has 11 nitrogen and oxygen atoms in total. The van der Waals surface area contributed by atoms with Crippen LogP contribution in [0.1, 0.15) is 20.3 Å². The van der Waals surface area contributed by atoms with E-state index in [0.717, 1.165) is 0 Å². The van der Waals surface area contributed by atoms with E-state index in [9.17, 15) is 21.6 Å². The van der Waals surface area contributed by atoms with Crippen molar-refractivity contribution in [1.82, 2.24) is 19.6 Å². The van der Waals surface area contributed by atoms with Crippen LogP contribution in [0.15, 0.2) is 41.4 Å². The predicted molar refractivity (Wildman–Crippen MR) is 127 cm³/mol. The number of fused-ring (bicyclic) bond motifs is 2. The summed E-state index contributed by atoms with van der Waals surface area (Å²) in [7, 11) is -4.13. The number of nitrogens with zero attached hydrogens (tertiary/aromatic N) is 4. The fourth-order valence-corrected chi connectivity index (χ4v) is 5.57. The fraction of sp³-hybridized carbons (Fsp3) is 0.476. The Hall–Kier alpha value is -2.50. The number of nitrogens with one attached hydrogen (secondary N) is 1. The zero-order chi connectivity index (χ0) is 26.6. The van der Waals surface area contributed by atoms with Crippen LogP contribution in [0.4, 0.5) is 19.1 Å². The SMILES string of the molecule is CC1(C)O[C@@H]2[C@@H](COS(N)(=O)=O)C[C@@H](Nc3nccc4nc(-c5cccc(SC(F)(F)F)c5)nn34)[C@@H]2O1. The molecule has 1 aliphatic carbocycles. The van der Waals surface area contributed by atoms with Gasteiger partial charge in [0.15, 0.2) is 17.3 Å². The van der Waals surface area contributed by atoms with E-state index in [1.54, 1.807) is 26.0 Å². The molecule has 1 saturated heterocycles. The lowest BCUT2D eigenvalue weighted by atomic mass is 10.1. The molecular formula is C21H23F3N6O5S2. The highest BCUT2D eigenvalue weighted by molar-refractivity contribution is 8.00. The molecule has 3 heterocycles. The van der Waals surface area contributed by atoms with Gasteiger partial charge in [0.05, 0.1) is 18.8 Å². The molecule has 37 heavy (non-hydrogen) atoms. The molecule has 3 N–H and O–H groups in total. The van der Waals surface area contributed by atoms with Gasteiger partial charge >= 0.3 is 15.8 Å². The van der Waals surface area contributed by atoms with E-state index in [-0.39, 0.29) is 41.0 Å². The highest BCUT2D eigenvalue weighted by Gasteiger charge is 2.54. The number of anilines is 1. The van der Waals surface area contributed by atoms with Crippen molar-refractivity contribution in [2.75, 3.05) is 11.9 Å². The van der Waals surface area contributed by atoms with Crippen LogP contribution in [0.2, 0.25) is 0 Å². The molecule has 0 bridgehead atoms. The van der Waals surface area contributed by atoms with E-state index >= 15 is 0 Å². The number of rotatable bonds is 7. The summed E-state index contributed by atoms with van der Waals surface area (Å²) < 4.78 is 79.4. The normalized spacial score (nSPS) is 25.5. The van der Waals surface area contributed by atoms with Gasteiger partial charge in [-0.25, -0.2) is 15.1 Å². The van der Waals surface area contributed by atoms with Gasteiger partial charge in [-0.05, 0) is 44.2 Å². The Bertz CT molecular complexity index is 1420. The Morgan fingerprint density at radius 1 is 1.27 bits per heavy atom. The van der Waals surface area contributed by atoms with Gasteiger partial charge in [-0.3, -0.25) is 4.18 Å². The largest absolute Gasteiger partial charge is 0.446 e. The smallest absolute Gasteiger partial charge is 0.349 e. The van der Waals surface area contributed by atoms with E-state index in [2.05, 4.69) is 20.4 Å². The molecule has 200 valence electrons. The molecule has 2 aliphatic rings. The molecule has 4 atom stereocenters. The standard InChI is InChI=1S/C21H23F3N6O5S2/c1-20(2)34-16-12(10-33-37(25,31)32)9-14(17(16)35-20)27-19-26-7-6-15-28-18(29-30(15)19)11-4-3-5-13(8-11)36-21(22,23)24/h3-8,12,14,16-17H,9-10H2,1-2H3,(H,26,27)(H2,25,31,32)/t12-,14-,16-,17+/m1/s1. The van der Waals surface area contributed by atoms with Crippen LogP contribution in [-0.2, 0) is 24.0 Å². The van der Waals surface area contributed by atoms with Gasteiger partial charge in [0, 0.05) is 28.6 Å². The van der Waals surface area contributed by atoms with E-state index in [1.165, 1.54) is 28.9 Å². The average Bonchev–Trinajstić information content (AvgIpc) is 3.43. The number of benzene rings is 1. The molecule has 1 aliphatic heterocycles. The van der Waals surface area contributed by atoms with Gasteiger partial charge in [-0.15, -0.1) is 5.10 Å². The number of nitrogens with two attached hydrogens (primary N) is 1. The maximum atomic E-state index is 12.8. The van der Waals surface area contributed by atoms with Gasteiger partial charge in [-0.1, -0.05) is 12.1 Å². The molecule has 0 unspecified atom stereocenters. The van der Waals surface area contributed by atoms with Crippen LogP contribution in [0.5, 0.6) is 0 Å². The van der Waals surface area contributed by atoms with Crippen LogP contribution >= 0.6 is 11.8 Å². The quantitative estimate of drug-likeness (QED) is 0.414. The Kier molecular flexibility index (Phi) is 6.60. The lowest BCUT2D eigenvalue weighted by Crippen LogP contribution is -2.35. The topological polar surface area (TPSA) is 143 Å². The molecule has 1 aromatic carbocycles. The second-order valence-corrected chi connectivity index (χ2v) is 11.5. The maximum absolute atomic E-state index is 12.8. The zero-order valence-corrected chi connectivity index (χ0v) is 21.2. The summed E-state index contributed by atoms with van der Waals surface area (Å²) in [5.41, 5.74) is -3.57. The highest BCUT2D eigenvalue weighted by atomic mass is 32.2. The summed E-state index contributed by atoms with van der Waals surface area (Å²) in [5, 5.41) is 12.7. The molecule has 0 radical (unpaired) electrons. The minimum absolute atomic E-state index is 0.0195. The first kappa shape index (κ1) is 26.1. The van der Waals surface area contributed by atoms with Crippen molar-refractivity contribution in [2.24, 2.45) is 11.1 Å². The lowest BCUT2D eigenvalue weighted by Gasteiger charge is -2.24. The first-order valence-electron chi connectivity index (χ1n) is 11.1. The van der Waals surface area contributed by atoms with Crippen molar-refractivity contribution in [3.63, 3.8) is 0 Å². The third-order valence-electron chi connectivity index (χ3n) is 5.92. The number of hydrogen-bond acceptors (Lipinski definition) is 10. The van der Waals surface area contributed by atoms with E-state index < -0.39 is 33.8 Å². The Balaban J connectivity index is 1.40. The van der Waals surface area contributed by atoms with Crippen molar-refractivity contribution in [3.05, 3.63) is 36.5 Å². The van der Waals surface area contributed by atoms with E-state index in [1.807, 2.05) is 0 Å². The predicted octanol–water partition coefficient (Wildman–Crippen LogP) is 2.94. The first-order valence-corrected chi connectivity index (χ1v) is 13.4. The Morgan fingerprint density at radius 2 is 2.03 bits per heavy atom. The molecule has 0 amide bonds. The molecule has 3 aromatic rings. The Morgan fingerprint density at radius 3 is 2.76 bits per heavy atom. The second-order valence-electron chi connectivity index (χ2n) is 9.14. The van der Waals surface area contributed by atoms with Crippen LogP contribution in [0.3, 0.4) is 0 Å². The maximum Gasteiger partial charge on any atom is 0.446 e. The van der Waals surface area contributed by atoms with E-state index in [4.69, 9.17) is 18.8 Å².